The first-order valence-electron chi connectivity index (χ1n) is 9.28. The molecule has 2 amide bonds. The number of nitrogens with zero attached hydrogens (tertiary/aromatic N) is 2. The molecule has 5 rings (SSSR count). The van der Waals surface area contributed by atoms with Crippen molar-refractivity contribution in [2.24, 2.45) is 11.8 Å². The number of carbonyl (C=O) groups is 3. The lowest BCUT2D eigenvalue weighted by atomic mass is 9.84. The molecule has 3 aliphatic rings. The molecule has 2 aromatic rings. The number of anilines is 1. The minimum Gasteiger partial charge on any atom is -0.359 e. The van der Waals surface area contributed by atoms with Crippen LogP contribution >= 0.6 is 23.2 Å². The molecular formula is C22H16Cl2N2O3. The highest BCUT2D eigenvalue weighted by Crippen LogP contribution is 2.53. The van der Waals surface area contributed by atoms with E-state index in [-0.39, 0.29) is 28.4 Å². The molecule has 3 heterocycles. The molecule has 4 atom stereocenters. The fourth-order valence-electron chi connectivity index (χ4n) is 4.92. The number of rotatable bonds is 2. The summed E-state index contributed by atoms with van der Waals surface area (Å²) >= 11 is 12.4. The summed E-state index contributed by atoms with van der Waals surface area (Å²) in [6.45, 7) is 1.46. The number of ketones is 1. The van der Waals surface area contributed by atoms with Crippen molar-refractivity contribution in [3.8, 4) is 0 Å². The van der Waals surface area contributed by atoms with Gasteiger partial charge in [0.2, 0.25) is 11.8 Å². The predicted molar refractivity (Wildman–Crippen MR) is 110 cm³/mol. The van der Waals surface area contributed by atoms with Crippen LogP contribution in [-0.2, 0) is 14.4 Å². The molecule has 3 aliphatic heterocycles. The van der Waals surface area contributed by atoms with Crippen LogP contribution in [0.5, 0.6) is 0 Å². The Morgan fingerprint density at radius 2 is 1.72 bits per heavy atom. The molecule has 0 N–H and O–H groups in total. The summed E-state index contributed by atoms with van der Waals surface area (Å²) in [5.41, 5.74) is 2.18. The van der Waals surface area contributed by atoms with Crippen molar-refractivity contribution in [3.05, 3.63) is 69.8 Å². The van der Waals surface area contributed by atoms with Gasteiger partial charge in [-0.05, 0) is 42.3 Å². The molecule has 2 saturated heterocycles. The average Bonchev–Trinajstić information content (AvgIpc) is 3.17. The molecule has 5 nitrogen and oxygen atoms in total. The molecule has 0 spiro atoms. The van der Waals surface area contributed by atoms with Gasteiger partial charge in [0.05, 0.1) is 34.6 Å². The lowest BCUT2D eigenvalue weighted by molar-refractivity contribution is -0.129. The second-order valence-corrected chi connectivity index (χ2v) is 8.40. The maximum atomic E-state index is 13.5. The standard InChI is InChI=1S/C22H16Cl2N2O3/c1-11(27)19-17-18(20-14-5-3-2-4-12(14)8-9-25(19)20)22(29)26(21(17)28)16-10-13(23)6-7-15(16)24/h2-10,17-20H,1H3/t17-,18+,19-,20-/m1/s1. The van der Waals surface area contributed by atoms with E-state index in [9.17, 15) is 14.4 Å². The van der Waals surface area contributed by atoms with Gasteiger partial charge in [0, 0.05) is 11.2 Å². The zero-order chi connectivity index (χ0) is 20.4. The molecule has 29 heavy (non-hydrogen) atoms. The summed E-state index contributed by atoms with van der Waals surface area (Å²) in [6, 6.07) is 11.3. The van der Waals surface area contributed by atoms with Crippen molar-refractivity contribution in [2.75, 3.05) is 4.90 Å². The highest BCUT2D eigenvalue weighted by atomic mass is 35.5. The topological polar surface area (TPSA) is 57.7 Å². The molecule has 2 aromatic carbocycles. The lowest BCUT2D eigenvalue weighted by Crippen LogP contribution is -2.43. The molecule has 2 fully saturated rings. The molecule has 0 bridgehead atoms. The Morgan fingerprint density at radius 3 is 2.48 bits per heavy atom. The van der Waals surface area contributed by atoms with E-state index < -0.39 is 23.8 Å². The smallest absolute Gasteiger partial charge is 0.240 e. The fourth-order valence-corrected chi connectivity index (χ4v) is 5.28. The number of halogens is 2. The number of fused-ring (bicyclic) bond motifs is 5. The van der Waals surface area contributed by atoms with E-state index in [4.69, 9.17) is 23.2 Å². The highest BCUT2D eigenvalue weighted by molar-refractivity contribution is 6.38. The number of amides is 2. The van der Waals surface area contributed by atoms with Gasteiger partial charge in [0.15, 0.2) is 5.78 Å². The van der Waals surface area contributed by atoms with Crippen molar-refractivity contribution in [1.29, 1.82) is 0 Å². The maximum absolute atomic E-state index is 13.5. The molecule has 7 heteroatoms. The number of benzene rings is 2. The Bertz CT molecular complexity index is 1110. The van der Waals surface area contributed by atoms with Gasteiger partial charge in [-0.2, -0.15) is 0 Å². The normalized spacial score (nSPS) is 27.1. The molecule has 0 aromatic heterocycles. The van der Waals surface area contributed by atoms with Gasteiger partial charge in [-0.25, -0.2) is 4.90 Å². The Labute approximate surface area is 177 Å². The maximum Gasteiger partial charge on any atom is 0.240 e. The largest absolute Gasteiger partial charge is 0.359 e. The fraction of sp³-hybridized carbons (Fsp3) is 0.227. The van der Waals surface area contributed by atoms with Crippen molar-refractivity contribution < 1.29 is 14.4 Å². The number of carbonyl (C=O) groups excluding carboxylic acids is 3. The molecule has 0 aliphatic carbocycles. The van der Waals surface area contributed by atoms with E-state index in [2.05, 4.69) is 0 Å². The summed E-state index contributed by atoms with van der Waals surface area (Å²) in [4.78, 5) is 42.5. The minimum absolute atomic E-state index is 0.147. The summed E-state index contributed by atoms with van der Waals surface area (Å²) in [5.74, 6) is -2.35. The quantitative estimate of drug-likeness (QED) is 0.678. The van der Waals surface area contributed by atoms with Crippen LogP contribution in [0, 0.1) is 11.8 Å². The lowest BCUT2D eigenvalue weighted by Gasteiger charge is -2.35. The van der Waals surface area contributed by atoms with Crippen LogP contribution in [0.25, 0.3) is 6.08 Å². The summed E-state index contributed by atoms with van der Waals surface area (Å²) in [7, 11) is 0. The second kappa shape index (κ2) is 6.44. The van der Waals surface area contributed by atoms with Gasteiger partial charge >= 0.3 is 0 Å². The van der Waals surface area contributed by atoms with Crippen molar-refractivity contribution in [2.45, 2.75) is 19.0 Å². The van der Waals surface area contributed by atoms with E-state index in [1.165, 1.54) is 13.0 Å². The van der Waals surface area contributed by atoms with Crippen LogP contribution in [0.2, 0.25) is 10.0 Å². The summed E-state index contributed by atoms with van der Waals surface area (Å²) in [5, 5.41) is 0.633. The average molecular weight is 427 g/mol. The third kappa shape index (κ3) is 2.51. The molecule has 0 saturated carbocycles. The minimum atomic E-state index is -0.768. The number of Topliss-reactive ketones (excluding diaryl/α,β-unsaturated/α-hetero) is 1. The van der Waals surface area contributed by atoms with Crippen LogP contribution < -0.4 is 4.90 Å². The Hall–Kier alpha value is -2.63. The Kier molecular flexibility index (Phi) is 4.09. The van der Waals surface area contributed by atoms with E-state index in [1.54, 1.807) is 12.1 Å². The number of hydrogen-bond donors (Lipinski definition) is 0. The van der Waals surface area contributed by atoms with Crippen LogP contribution in [0.15, 0.2) is 48.7 Å². The number of hydrogen-bond acceptors (Lipinski definition) is 4. The van der Waals surface area contributed by atoms with Gasteiger partial charge in [-0.3, -0.25) is 14.4 Å². The van der Waals surface area contributed by atoms with Gasteiger partial charge in [-0.15, -0.1) is 0 Å². The van der Waals surface area contributed by atoms with E-state index >= 15 is 0 Å². The first kappa shape index (κ1) is 18.4. The summed E-state index contributed by atoms with van der Waals surface area (Å²) < 4.78 is 0. The monoisotopic (exact) mass is 426 g/mol. The zero-order valence-electron chi connectivity index (χ0n) is 15.4. The van der Waals surface area contributed by atoms with Crippen LogP contribution in [0.3, 0.4) is 0 Å². The van der Waals surface area contributed by atoms with E-state index in [1.807, 2.05) is 41.4 Å². The van der Waals surface area contributed by atoms with Crippen LogP contribution in [0.4, 0.5) is 5.69 Å². The molecule has 146 valence electrons. The predicted octanol–water partition coefficient (Wildman–Crippen LogP) is 4.10. The Morgan fingerprint density at radius 1 is 1.00 bits per heavy atom. The first-order chi connectivity index (χ1) is 13.9. The van der Waals surface area contributed by atoms with Crippen molar-refractivity contribution >= 4 is 52.6 Å². The molecule has 0 unspecified atom stereocenters. The third-order valence-corrected chi connectivity index (χ3v) is 6.58. The first-order valence-corrected chi connectivity index (χ1v) is 10.0. The molecule has 0 radical (unpaired) electrons. The van der Waals surface area contributed by atoms with E-state index in [0.717, 1.165) is 16.0 Å². The zero-order valence-corrected chi connectivity index (χ0v) is 16.9. The second-order valence-electron chi connectivity index (χ2n) is 7.55. The van der Waals surface area contributed by atoms with Crippen molar-refractivity contribution in [3.63, 3.8) is 0 Å². The van der Waals surface area contributed by atoms with Gasteiger partial charge < -0.3 is 4.90 Å². The van der Waals surface area contributed by atoms with Gasteiger partial charge in [0.25, 0.3) is 0 Å². The molecular weight excluding hydrogens is 411 g/mol. The number of imide groups is 1. The van der Waals surface area contributed by atoms with Crippen LogP contribution in [-0.4, -0.2) is 28.5 Å². The van der Waals surface area contributed by atoms with Crippen molar-refractivity contribution in [1.82, 2.24) is 4.90 Å². The van der Waals surface area contributed by atoms with E-state index in [0.29, 0.717) is 5.02 Å². The summed E-state index contributed by atoms with van der Waals surface area (Å²) in [6.07, 6.45) is 3.75. The highest BCUT2D eigenvalue weighted by Gasteiger charge is 2.64. The van der Waals surface area contributed by atoms with Gasteiger partial charge in [-0.1, -0.05) is 47.5 Å². The third-order valence-electron chi connectivity index (χ3n) is 6.03. The Balaban J connectivity index is 1.67. The van der Waals surface area contributed by atoms with Gasteiger partial charge in [0.1, 0.15) is 0 Å². The SMILES string of the molecule is CC(=O)[C@@H]1[C@@H]2C(=O)N(c3cc(Cl)ccc3Cl)C(=O)[C@@H]2[C@H]2c3ccccc3C=CN12. The van der Waals surface area contributed by atoms with Crippen LogP contribution in [0.1, 0.15) is 24.1 Å².